The van der Waals surface area contributed by atoms with Crippen LogP contribution in [-0.4, -0.2) is 49.7 Å². The Morgan fingerprint density at radius 3 is 2.15 bits per heavy atom. The van der Waals surface area contributed by atoms with Crippen LogP contribution in [0.4, 0.5) is 5.69 Å². The Bertz CT molecular complexity index is 1160. The third-order valence-electron chi connectivity index (χ3n) is 6.48. The second-order valence-electron chi connectivity index (χ2n) is 8.62. The number of hydrogen-bond donors (Lipinski definition) is 0. The average molecular weight is 485 g/mol. The highest BCUT2D eigenvalue weighted by Crippen LogP contribution is 2.34. The normalized spacial score (nSPS) is 19.9. The first kappa shape index (κ1) is 24.1. The van der Waals surface area contributed by atoms with E-state index in [9.17, 15) is 22.8 Å². The van der Waals surface area contributed by atoms with Crippen molar-refractivity contribution in [3.05, 3.63) is 60.2 Å². The Balaban J connectivity index is 1.70. The van der Waals surface area contributed by atoms with Crippen molar-refractivity contribution in [2.45, 2.75) is 61.9 Å². The molecule has 8 nitrogen and oxygen atoms in total. The van der Waals surface area contributed by atoms with Crippen molar-refractivity contribution < 1.29 is 27.5 Å². The van der Waals surface area contributed by atoms with Gasteiger partial charge in [0, 0.05) is 6.04 Å². The number of nitrogens with zero attached hydrogens (tertiary/aromatic N) is 2. The van der Waals surface area contributed by atoms with Gasteiger partial charge in [-0.15, -0.1) is 0 Å². The molecule has 34 heavy (non-hydrogen) atoms. The van der Waals surface area contributed by atoms with Crippen LogP contribution in [0.3, 0.4) is 0 Å². The van der Waals surface area contributed by atoms with Crippen LogP contribution in [0.25, 0.3) is 0 Å². The van der Waals surface area contributed by atoms with Gasteiger partial charge in [-0.2, -0.15) is 4.31 Å². The molecule has 0 N–H and O–H groups in total. The molecule has 0 spiro atoms. The maximum Gasteiger partial charge on any atom is 0.337 e. The number of methoxy groups -OCH3 is 1. The van der Waals surface area contributed by atoms with Gasteiger partial charge in [0.25, 0.3) is 5.91 Å². The summed E-state index contributed by atoms with van der Waals surface area (Å²) < 4.78 is 33.5. The monoisotopic (exact) mass is 484 g/mol. The Hall–Kier alpha value is -3.04. The Morgan fingerprint density at radius 2 is 1.56 bits per heavy atom. The van der Waals surface area contributed by atoms with Gasteiger partial charge in [-0.05, 0) is 49.2 Å². The molecule has 1 saturated heterocycles. The molecule has 0 radical (unpaired) electrons. The van der Waals surface area contributed by atoms with Crippen molar-refractivity contribution in [3.63, 3.8) is 0 Å². The summed E-state index contributed by atoms with van der Waals surface area (Å²) in [5, 5.41) is 0. The lowest BCUT2D eigenvalue weighted by molar-refractivity contribution is -0.122. The highest BCUT2D eigenvalue weighted by atomic mass is 32.2. The highest BCUT2D eigenvalue weighted by Gasteiger charge is 2.49. The molecule has 0 aromatic heterocycles. The first-order chi connectivity index (χ1) is 16.3. The van der Waals surface area contributed by atoms with Crippen molar-refractivity contribution >= 4 is 33.5 Å². The molecule has 1 aliphatic carbocycles. The van der Waals surface area contributed by atoms with E-state index < -0.39 is 33.8 Å². The summed E-state index contributed by atoms with van der Waals surface area (Å²) in [6, 6.07) is 12.5. The van der Waals surface area contributed by atoms with Gasteiger partial charge >= 0.3 is 5.97 Å². The summed E-state index contributed by atoms with van der Waals surface area (Å²) in [5.74, 6) is -1.57. The van der Waals surface area contributed by atoms with E-state index in [-0.39, 0.29) is 22.9 Å². The first-order valence-electron chi connectivity index (χ1n) is 11.5. The van der Waals surface area contributed by atoms with E-state index >= 15 is 0 Å². The quantitative estimate of drug-likeness (QED) is 0.353. The Labute approximate surface area is 199 Å². The molecule has 1 unspecified atom stereocenters. The van der Waals surface area contributed by atoms with Crippen LogP contribution in [0.1, 0.15) is 55.3 Å². The van der Waals surface area contributed by atoms with Gasteiger partial charge in [-0.1, -0.05) is 43.9 Å². The number of anilines is 1. The van der Waals surface area contributed by atoms with Crippen molar-refractivity contribution in [3.8, 4) is 0 Å². The minimum atomic E-state index is -4.01. The molecule has 180 valence electrons. The fourth-order valence-electron chi connectivity index (χ4n) is 4.80. The number of hydrogen-bond acceptors (Lipinski definition) is 6. The number of esters is 1. The maximum atomic E-state index is 13.8. The molecule has 4 rings (SSSR count). The lowest BCUT2D eigenvalue weighted by Gasteiger charge is -2.33. The number of ether oxygens (including phenoxy) is 1. The third-order valence-corrected chi connectivity index (χ3v) is 8.46. The van der Waals surface area contributed by atoms with Crippen molar-refractivity contribution in [1.29, 1.82) is 0 Å². The van der Waals surface area contributed by atoms with Gasteiger partial charge in [0.2, 0.25) is 15.9 Å². The van der Waals surface area contributed by atoms with E-state index in [4.69, 9.17) is 0 Å². The van der Waals surface area contributed by atoms with Gasteiger partial charge in [0.1, 0.15) is 6.04 Å². The van der Waals surface area contributed by atoms with Crippen LogP contribution in [0, 0.1) is 0 Å². The molecule has 2 amide bonds. The third kappa shape index (κ3) is 4.63. The lowest BCUT2D eigenvalue weighted by atomic mass is 10.1. The second-order valence-corrected chi connectivity index (χ2v) is 10.5. The number of rotatable bonds is 6. The van der Waals surface area contributed by atoms with E-state index in [0.29, 0.717) is 18.5 Å². The van der Waals surface area contributed by atoms with Crippen molar-refractivity contribution in [1.82, 2.24) is 4.31 Å². The number of carbonyl (C=O) groups excluding carboxylic acids is 3. The standard InChI is InChI=1S/C25H28N2O6S/c1-33-25(30)18-13-15-19(16-14-18)26-23(28)17-22(24(26)29)27(20-9-5-2-3-6-10-20)34(31,32)21-11-7-4-8-12-21/h4,7-8,11-16,20,22H,2-3,5-6,9-10,17H2,1H3. The molecule has 2 fully saturated rings. The number of sulfonamides is 1. The van der Waals surface area contributed by atoms with Crippen LogP contribution in [0.5, 0.6) is 0 Å². The smallest absolute Gasteiger partial charge is 0.337 e. The van der Waals surface area contributed by atoms with E-state index in [2.05, 4.69) is 4.74 Å². The van der Waals surface area contributed by atoms with Crippen LogP contribution in [-0.2, 0) is 24.3 Å². The zero-order valence-electron chi connectivity index (χ0n) is 19.1. The Kier molecular flexibility index (Phi) is 7.13. The molecule has 2 aromatic rings. The molecule has 1 saturated carbocycles. The van der Waals surface area contributed by atoms with E-state index in [1.54, 1.807) is 18.2 Å². The summed E-state index contributed by atoms with van der Waals surface area (Å²) in [6.07, 6.45) is 4.87. The number of benzene rings is 2. The summed E-state index contributed by atoms with van der Waals surface area (Å²) >= 11 is 0. The number of imide groups is 1. The minimum absolute atomic E-state index is 0.111. The molecule has 0 bridgehead atoms. The fourth-order valence-corrected chi connectivity index (χ4v) is 6.64. The zero-order chi connectivity index (χ0) is 24.3. The highest BCUT2D eigenvalue weighted by molar-refractivity contribution is 7.89. The average Bonchev–Trinajstić information content (AvgIpc) is 3.00. The largest absolute Gasteiger partial charge is 0.465 e. The maximum absolute atomic E-state index is 13.8. The molecular weight excluding hydrogens is 456 g/mol. The van der Waals surface area contributed by atoms with E-state index in [1.165, 1.54) is 47.8 Å². The first-order valence-corrected chi connectivity index (χ1v) is 12.9. The minimum Gasteiger partial charge on any atom is -0.465 e. The SMILES string of the molecule is COC(=O)c1ccc(N2C(=O)CC(N(C3CCCCCC3)S(=O)(=O)c3ccccc3)C2=O)cc1. The molecule has 1 heterocycles. The molecule has 2 aromatic carbocycles. The lowest BCUT2D eigenvalue weighted by Crippen LogP contribution is -2.50. The van der Waals surface area contributed by atoms with Gasteiger partial charge in [0.05, 0.1) is 29.7 Å². The Morgan fingerprint density at radius 1 is 0.941 bits per heavy atom. The molecule has 1 aliphatic heterocycles. The van der Waals surface area contributed by atoms with Crippen LogP contribution in [0.2, 0.25) is 0 Å². The number of amides is 2. The van der Waals surface area contributed by atoms with Gasteiger partial charge in [0.15, 0.2) is 0 Å². The summed E-state index contributed by atoms with van der Waals surface area (Å²) in [4.78, 5) is 39.4. The molecule has 2 aliphatic rings. The van der Waals surface area contributed by atoms with Crippen LogP contribution in [0.15, 0.2) is 59.5 Å². The van der Waals surface area contributed by atoms with E-state index in [1.807, 2.05) is 0 Å². The summed E-state index contributed by atoms with van der Waals surface area (Å²) in [6.45, 7) is 0. The van der Waals surface area contributed by atoms with Crippen molar-refractivity contribution in [2.24, 2.45) is 0 Å². The molecule has 9 heteroatoms. The van der Waals surface area contributed by atoms with Crippen molar-refractivity contribution in [2.75, 3.05) is 12.0 Å². The number of carbonyl (C=O) groups is 3. The topological polar surface area (TPSA) is 101 Å². The van der Waals surface area contributed by atoms with Gasteiger partial charge in [-0.3, -0.25) is 9.59 Å². The second kappa shape index (κ2) is 10.1. The van der Waals surface area contributed by atoms with Crippen LogP contribution < -0.4 is 4.90 Å². The van der Waals surface area contributed by atoms with Gasteiger partial charge < -0.3 is 4.74 Å². The van der Waals surface area contributed by atoms with E-state index in [0.717, 1.165) is 30.6 Å². The predicted octanol–water partition coefficient (Wildman–Crippen LogP) is 3.52. The summed E-state index contributed by atoms with van der Waals surface area (Å²) in [7, 11) is -2.74. The zero-order valence-corrected chi connectivity index (χ0v) is 19.9. The molecular formula is C25H28N2O6S. The predicted molar refractivity (Wildman–Crippen MR) is 126 cm³/mol. The fraction of sp³-hybridized carbons (Fsp3) is 0.400. The molecule has 1 atom stereocenters. The van der Waals surface area contributed by atoms with Crippen LogP contribution >= 0.6 is 0 Å². The summed E-state index contributed by atoms with van der Waals surface area (Å²) in [5.41, 5.74) is 0.580. The van der Waals surface area contributed by atoms with Gasteiger partial charge in [-0.25, -0.2) is 18.1 Å².